The van der Waals surface area contributed by atoms with E-state index in [-0.39, 0.29) is 12.5 Å². The molecule has 1 aliphatic rings. The third kappa shape index (κ3) is 3.11. The molecule has 1 saturated heterocycles. The minimum atomic E-state index is -0.737. The fourth-order valence-electron chi connectivity index (χ4n) is 2.53. The van der Waals surface area contributed by atoms with E-state index < -0.39 is 5.97 Å². The van der Waals surface area contributed by atoms with Crippen molar-refractivity contribution in [1.29, 1.82) is 0 Å². The second-order valence-electron chi connectivity index (χ2n) is 5.04. The first-order valence-electron chi connectivity index (χ1n) is 6.24. The van der Waals surface area contributed by atoms with Crippen molar-refractivity contribution in [2.75, 3.05) is 20.1 Å². The van der Waals surface area contributed by atoms with E-state index in [1.807, 2.05) is 19.2 Å². The zero-order chi connectivity index (χ0) is 13.1. The van der Waals surface area contributed by atoms with E-state index >= 15 is 0 Å². The zero-order valence-electron chi connectivity index (χ0n) is 10.9. The minimum Gasteiger partial charge on any atom is -0.481 e. The van der Waals surface area contributed by atoms with Crippen molar-refractivity contribution in [3.8, 4) is 0 Å². The van der Waals surface area contributed by atoms with Crippen LogP contribution in [0.25, 0.3) is 0 Å². The number of rotatable bonds is 4. The summed E-state index contributed by atoms with van der Waals surface area (Å²) in [6.45, 7) is 4.59. The largest absolute Gasteiger partial charge is 0.481 e. The van der Waals surface area contributed by atoms with Gasteiger partial charge in [-0.05, 0) is 26.1 Å². The fourth-order valence-corrected chi connectivity index (χ4v) is 2.53. The number of carboxylic acids is 1. The quantitative estimate of drug-likeness (QED) is 0.874. The number of carbonyl (C=O) groups is 1. The summed E-state index contributed by atoms with van der Waals surface area (Å²) in [6, 6.07) is 4.26. The summed E-state index contributed by atoms with van der Waals surface area (Å²) in [5.41, 5.74) is 0. The van der Waals surface area contributed by atoms with Gasteiger partial charge in [0.05, 0.1) is 19.2 Å². The van der Waals surface area contributed by atoms with E-state index in [9.17, 15) is 4.79 Å². The Labute approximate surface area is 107 Å². The van der Waals surface area contributed by atoms with Crippen LogP contribution in [0.2, 0.25) is 0 Å². The predicted molar refractivity (Wildman–Crippen MR) is 67.3 cm³/mol. The maximum Gasteiger partial charge on any atom is 0.304 e. The zero-order valence-corrected chi connectivity index (χ0v) is 10.9. The van der Waals surface area contributed by atoms with Gasteiger partial charge in [0, 0.05) is 25.2 Å². The molecule has 1 N–H and O–H groups in total. The molecule has 0 bridgehead atoms. The Kier molecular flexibility index (Phi) is 4.04. The lowest BCUT2D eigenvalue weighted by Gasteiger charge is -2.43. The van der Waals surface area contributed by atoms with Gasteiger partial charge in [0.25, 0.3) is 0 Å². The number of furan rings is 1. The first kappa shape index (κ1) is 13.1. The van der Waals surface area contributed by atoms with Crippen LogP contribution in [0.4, 0.5) is 0 Å². The third-order valence-electron chi connectivity index (χ3n) is 3.63. The van der Waals surface area contributed by atoms with Crippen molar-refractivity contribution in [2.45, 2.75) is 32.0 Å². The number of piperazine rings is 1. The Morgan fingerprint density at radius 1 is 1.56 bits per heavy atom. The molecule has 1 fully saturated rings. The maximum atomic E-state index is 10.9. The average Bonchev–Trinajstić information content (AvgIpc) is 2.77. The van der Waals surface area contributed by atoms with Crippen molar-refractivity contribution in [3.05, 3.63) is 24.2 Å². The molecule has 1 aromatic rings. The molecule has 0 amide bonds. The normalized spacial score (nSPS) is 26.3. The summed E-state index contributed by atoms with van der Waals surface area (Å²) in [5, 5.41) is 8.95. The second-order valence-corrected chi connectivity index (χ2v) is 5.04. The average molecular weight is 252 g/mol. The van der Waals surface area contributed by atoms with E-state index in [0.29, 0.717) is 6.04 Å². The van der Waals surface area contributed by atoms with E-state index in [4.69, 9.17) is 9.52 Å². The van der Waals surface area contributed by atoms with Crippen molar-refractivity contribution in [2.24, 2.45) is 0 Å². The minimum absolute atomic E-state index is 0.0706. The van der Waals surface area contributed by atoms with Gasteiger partial charge in [0.1, 0.15) is 5.76 Å². The molecule has 2 atom stereocenters. The molecule has 100 valence electrons. The van der Waals surface area contributed by atoms with Gasteiger partial charge in [-0.1, -0.05) is 0 Å². The lowest BCUT2D eigenvalue weighted by molar-refractivity contribution is -0.139. The first-order chi connectivity index (χ1) is 8.56. The van der Waals surface area contributed by atoms with Crippen molar-refractivity contribution in [1.82, 2.24) is 9.80 Å². The summed E-state index contributed by atoms with van der Waals surface area (Å²) in [7, 11) is 2.00. The molecule has 0 radical (unpaired) electrons. The van der Waals surface area contributed by atoms with Crippen LogP contribution in [0, 0.1) is 0 Å². The summed E-state index contributed by atoms with van der Waals surface area (Å²) >= 11 is 0. The highest BCUT2D eigenvalue weighted by Crippen LogP contribution is 2.18. The van der Waals surface area contributed by atoms with Crippen LogP contribution in [-0.4, -0.2) is 53.1 Å². The van der Waals surface area contributed by atoms with Crippen LogP contribution < -0.4 is 0 Å². The van der Waals surface area contributed by atoms with E-state index in [1.54, 1.807) is 6.26 Å². The number of likely N-dealkylation sites (N-methyl/N-ethyl adjacent to an activating group) is 1. The van der Waals surface area contributed by atoms with Crippen LogP contribution in [0.3, 0.4) is 0 Å². The SMILES string of the molecule is CC1CN(Cc2ccco2)CC(CC(=O)O)N1C. The van der Waals surface area contributed by atoms with Crippen molar-refractivity contribution in [3.63, 3.8) is 0 Å². The van der Waals surface area contributed by atoms with E-state index in [0.717, 1.165) is 25.4 Å². The molecule has 0 aromatic carbocycles. The third-order valence-corrected chi connectivity index (χ3v) is 3.63. The second kappa shape index (κ2) is 5.54. The van der Waals surface area contributed by atoms with Gasteiger partial charge in [-0.15, -0.1) is 0 Å². The van der Waals surface area contributed by atoms with Crippen LogP contribution in [0.5, 0.6) is 0 Å². The first-order valence-corrected chi connectivity index (χ1v) is 6.24. The van der Waals surface area contributed by atoms with Gasteiger partial charge >= 0.3 is 5.97 Å². The van der Waals surface area contributed by atoms with Gasteiger partial charge in [0.2, 0.25) is 0 Å². The standard InChI is InChI=1S/C13H20N2O3/c1-10-7-15(9-12-4-3-5-18-12)8-11(14(10)2)6-13(16)17/h3-5,10-11H,6-9H2,1-2H3,(H,16,17). The lowest BCUT2D eigenvalue weighted by Crippen LogP contribution is -2.56. The van der Waals surface area contributed by atoms with Crippen LogP contribution in [0.15, 0.2) is 22.8 Å². The highest BCUT2D eigenvalue weighted by molar-refractivity contribution is 5.67. The molecule has 2 heterocycles. The highest BCUT2D eigenvalue weighted by Gasteiger charge is 2.30. The Balaban J connectivity index is 1.98. The maximum absolute atomic E-state index is 10.9. The molecule has 0 spiro atoms. The number of carboxylic acid groups (broad SMARTS) is 1. The smallest absolute Gasteiger partial charge is 0.304 e. The Morgan fingerprint density at radius 3 is 2.94 bits per heavy atom. The van der Waals surface area contributed by atoms with E-state index in [1.165, 1.54) is 0 Å². The molecular weight excluding hydrogens is 232 g/mol. The highest BCUT2D eigenvalue weighted by atomic mass is 16.4. The molecule has 2 rings (SSSR count). The van der Waals surface area contributed by atoms with Gasteiger partial charge in [-0.25, -0.2) is 0 Å². The summed E-state index contributed by atoms with van der Waals surface area (Å²) in [4.78, 5) is 15.3. The van der Waals surface area contributed by atoms with Crippen LogP contribution >= 0.6 is 0 Å². The number of hydrogen-bond donors (Lipinski definition) is 1. The number of hydrogen-bond acceptors (Lipinski definition) is 4. The summed E-state index contributed by atoms with van der Waals surface area (Å²) in [6.07, 6.45) is 1.86. The molecule has 0 aliphatic carbocycles. The molecule has 0 saturated carbocycles. The summed E-state index contributed by atoms with van der Waals surface area (Å²) < 4.78 is 5.34. The predicted octanol–water partition coefficient (Wildman–Crippen LogP) is 1.26. The summed E-state index contributed by atoms with van der Waals surface area (Å²) in [5.74, 6) is 0.194. The molecule has 1 aliphatic heterocycles. The molecular formula is C13H20N2O3. The molecule has 5 nitrogen and oxygen atoms in total. The van der Waals surface area contributed by atoms with Gasteiger partial charge < -0.3 is 9.52 Å². The molecule has 5 heteroatoms. The number of aliphatic carboxylic acids is 1. The fraction of sp³-hybridized carbons (Fsp3) is 0.615. The number of nitrogens with zero attached hydrogens (tertiary/aromatic N) is 2. The Hall–Kier alpha value is -1.33. The Morgan fingerprint density at radius 2 is 2.33 bits per heavy atom. The topological polar surface area (TPSA) is 56.9 Å². The van der Waals surface area contributed by atoms with E-state index in [2.05, 4.69) is 16.7 Å². The van der Waals surface area contributed by atoms with Crippen LogP contribution in [0.1, 0.15) is 19.1 Å². The van der Waals surface area contributed by atoms with Gasteiger partial charge in [0.15, 0.2) is 0 Å². The molecule has 18 heavy (non-hydrogen) atoms. The molecule has 1 aromatic heterocycles. The Bertz CT molecular complexity index is 391. The van der Waals surface area contributed by atoms with Gasteiger partial charge in [-0.3, -0.25) is 14.6 Å². The van der Waals surface area contributed by atoms with Gasteiger partial charge in [-0.2, -0.15) is 0 Å². The molecule has 2 unspecified atom stereocenters. The monoisotopic (exact) mass is 252 g/mol. The van der Waals surface area contributed by atoms with Crippen molar-refractivity contribution < 1.29 is 14.3 Å². The lowest BCUT2D eigenvalue weighted by atomic mass is 10.0. The van der Waals surface area contributed by atoms with Crippen LogP contribution in [-0.2, 0) is 11.3 Å². The van der Waals surface area contributed by atoms with Crippen molar-refractivity contribution >= 4 is 5.97 Å².